The van der Waals surface area contributed by atoms with Gasteiger partial charge in [-0.05, 0) is 31.0 Å². The van der Waals surface area contributed by atoms with E-state index in [1.54, 1.807) is 6.20 Å². The van der Waals surface area contributed by atoms with E-state index in [1.165, 1.54) is 0 Å². The third kappa shape index (κ3) is 1.62. The lowest BCUT2D eigenvalue weighted by atomic mass is 10.0. The van der Waals surface area contributed by atoms with Crippen LogP contribution in [0.2, 0.25) is 0 Å². The summed E-state index contributed by atoms with van der Waals surface area (Å²) in [5, 5.41) is 15.8. The fraction of sp³-hybridized carbons (Fsp3) is 0.167. The molecule has 1 aromatic heterocycles. The highest BCUT2D eigenvalue weighted by molar-refractivity contribution is 5.67. The Morgan fingerprint density at radius 2 is 2.13 bits per heavy atom. The van der Waals surface area contributed by atoms with Crippen LogP contribution in [0.5, 0.6) is 0 Å². The molecule has 0 aliphatic rings. The predicted molar refractivity (Wildman–Crippen MR) is 58.2 cm³/mol. The molecular weight excluding hydrogens is 186 g/mol. The SMILES string of the molecule is Cc1ccc(-c2cn[nH]c2C)cc1C#N. The number of nitrogens with one attached hydrogen (secondary N) is 1. The molecule has 0 bridgehead atoms. The summed E-state index contributed by atoms with van der Waals surface area (Å²) in [4.78, 5) is 0. The van der Waals surface area contributed by atoms with Crippen molar-refractivity contribution in [1.29, 1.82) is 5.26 Å². The summed E-state index contributed by atoms with van der Waals surface area (Å²) in [6.45, 7) is 3.90. The van der Waals surface area contributed by atoms with Gasteiger partial charge in [0.15, 0.2) is 0 Å². The van der Waals surface area contributed by atoms with Crippen molar-refractivity contribution < 1.29 is 0 Å². The molecule has 15 heavy (non-hydrogen) atoms. The van der Waals surface area contributed by atoms with Gasteiger partial charge in [-0.3, -0.25) is 5.10 Å². The summed E-state index contributed by atoms with van der Waals surface area (Å²) in [7, 11) is 0. The van der Waals surface area contributed by atoms with Crippen molar-refractivity contribution in [2.75, 3.05) is 0 Å². The largest absolute Gasteiger partial charge is 0.282 e. The number of aromatic amines is 1. The van der Waals surface area contributed by atoms with Crippen LogP contribution in [0.25, 0.3) is 11.1 Å². The van der Waals surface area contributed by atoms with Gasteiger partial charge in [0.1, 0.15) is 0 Å². The third-order valence-corrected chi connectivity index (χ3v) is 2.50. The maximum absolute atomic E-state index is 8.94. The molecule has 0 aliphatic heterocycles. The number of benzene rings is 1. The van der Waals surface area contributed by atoms with Gasteiger partial charge in [-0.1, -0.05) is 12.1 Å². The molecule has 0 fully saturated rings. The Labute approximate surface area is 88.4 Å². The van der Waals surface area contributed by atoms with E-state index in [9.17, 15) is 0 Å². The second-order valence-electron chi connectivity index (χ2n) is 3.55. The van der Waals surface area contributed by atoms with Gasteiger partial charge in [0, 0.05) is 11.3 Å². The Morgan fingerprint density at radius 1 is 1.33 bits per heavy atom. The fourth-order valence-electron chi connectivity index (χ4n) is 1.55. The first kappa shape index (κ1) is 9.47. The number of hydrogen-bond acceptors (Lipinski definition) is 2. The lowest BCUT2D eigenvalue weighted by Gasteiger charge is -2.02. The summed E-state index contributed by atoms with van der Waals surface area (Å²) < 4.78 is 0. The molecule has 74 valence electrons. The average molecular weight is 197 g/mol. The van der Waals surface area contributed by atoms with Gasteiger partial charge in [0.05, 0.1) is 17.8 Å². The first-order chi connectivity index (χ1) is 7.22. The smallest absolute Gasteiger partial charge is 0.0994 e. The average Bonchev–Trinajstić information content (AvgIpc) is 2.65. The van der Waals surface area contributed by atoms with Gasteiger partial charge in [0.2, 0.25) is 0 Å². The molecule has 0 aliphatic carbocycles. The second-order valence-corrected chi connectivity index (χ2v) is 3.55. The minimum atomic E-state index is 0.716. The second kappa shape index (κ2) is 3.58. The van der Waals surface area contributed by atoms with Gasteiger partial charge < -0.3 is 0 Å². The molecule has 0 unspecified atom stereocenters. The quantitative estimate of drug-likeness (QED) is 0.763. The van der Waals surface area contributed by atoms with Crippen molar-refractivity contribution in [3.8, 4) is 17.2 Å². The van der Waals surface area contributed by atoms with E-state index in [4.69, 9.17) is 5.26 Å². The Morgan fingerprint density at radius 3 is 2.73 bits per heavy atom. The number of nitrogens with zero attached hydrogens (tertiary/aromatic N) is 2. The lowest BCUT2D eigenvalue weighted by Crippen LogP contribution is -1.85. The number of aryl methyl sites for hydroxylation is 2. The van der Waals surface area contributed by atoms with E-state index in [1.807, 2.05) is 32.0 Å². The van der Waals surface area contributed by atoms with E-state index < -0.39 is 0 Å². The standard InChI is InChI=1S/C12H11N3/c1-8-3-4-10(5-11(8)6-13)12-7-14-15-9(12)2/h3-5,7H,1-2H3,(H,14,15). The highest BCUT2D eigenvalue weighted by atomic mass is 15.1. The Bertz CT molecular complexity index is 532. The van der Waals surface area contributed by atoms with Crippen LogP contribution in [0.15, 0.2) is 24.4 Å². The molecule has 2 rings (SSSR count). The monoisotopic (exact) mass is 197 g/mol. The molecule has 0 spiro atoms. The van der Waals surface area contributed by atoms with Crippen LogP contribution >= 0.6 is 0 Å². The van der Waals surface area contributed by atoms with Crippen molar-refractivity contribution in [3.63, 3.8) is 0 Å². The van der Waals surface area contributed by atoms with Gasteiger partial charge in [-0.25, -0.2) is 0 Å². The van der Waals surface area contributed by atoms with Gasteiger partial charge in [0.25, 0.3) is 0 Å². The van der Waals surface area contributed by atoms with E-state index in [0.29, 0.717) is 5.56 Å². The Kier molecular flexibility index (Phi) is 2.26. The molecule has 0 amide bonds. The number of hydrogen-bond donors (Lipinski definition) is 1. The zero-order valence-corrected chi connectivity index (χ0v) is 8.70. The molecule has 0 saturated heterocycles. The van der Waals surface area contributed by atoms with Crippen LogP contribution in [-0.4, -0.2) is 10.2 Å². The molecule has 3 heteroatoms. The number of aromatic nitrogens is 2. The van der Waals surface area contributed by atoms with Crippen LogP contribution in [0, 0.1) is 25.2 Å². The van der Waals surface area contributed by atoms with Crippen LogP contribution in [-0.2, 0) is 0 Å². The number of rotatable bonds is 1. The van der Waals surface area contributed by atoms with E-state index in [2.05, 4.69) is 16.3 Å². The topological polar surface area (TPSA) is 52.5 Å². The van der Waals surface area contributed by atoms with Gasteiger partial charge >= 0.3 is 0 Å². The molecule has 1 N–H and O–H groups in total. The predicted octanol–water partition coefficient (Wildman–Crippen LogP) is 2.57. The van der Waals surface area contributed by atoms with Crippen molar-refractivity contribution in [1.82, 2.24) is 10.2 Å². The molecule has 0 saturated carbocycles. The summed E-state index contributed by atoms with van der Waals surface area (Å²) in [6, 6.07) is 8.05. The van der Waals surface area contributed by atoms with Crippen LogP contribution in [0.4, 0.5) is 0 Å². The molecule has 1 heterocycles. The maximum atomic E-state index is 8.94. The minimum absolute atomic E-state index is 0.716. The van der Waals surface area contributed by atoms with Crippen LogP contribution in [0.3, 0.4) is 0 Å². The van der Waals surface area contributed by atoms with Crippen molar-refractivity contribution in [2.45, 2.75) is 13.8 Å². The zero-order valence-electron chi connectivity index (χ0n) is 8.70. The van der Waals surface area contributed by atoms with Crippen molar-refractivity contribution in [2.24, 2.45) is 0 Å². The lowest BCUT2D eigenvalue weighted by molar-refractivity contribution is 1.05. The number of H-pyrrole nitrogens is 1. The molecular formula is C12H11N3. The maximum Gasteiger partial charge on any atom is 0.0994 e. The molecule has 0 radical (unpaired) electrons. The van der Waals surface area contributed by atoms with Crippen LogP contribution < -0.4 is 0 Å². The normalized spacial score (nSPS) is 9.93. The Hall–Kier alpha value is -2.08. The first-order valence-corrected chi connectivity index (χ1v) is 4.73. The minimum Gasteiger partial charge on any atom is -0.282 e. The molecule has 1 aromatic carbocycles. The first-order valence-electron chi connectivity index (χ1n) is 4.73. The summed E-state index contributed by atoms with van der Waals surface area (Å²) in [5.41, 5.74) is 4.81. The molecule has 3 nitrogen and oxygen atoms in total. The van der Waals surface area contributed by atoms with Crippen LogP contribution in [0.1, 0.15) is 16.8 Å². The van der Waals surface area contributed by atoms with E-state index in [-0.39, 0.29) is 0 Å². The molecule has 2 aromatic rings. The molecule has 0 atom stereocenters. The summed E-state index contributed by atoms with van der Waals surface area (Å²) in [6.07, 6.45) is 1.78. The summed E-state index contributed by atoms with van der Waals surface area (Å²) >= 11 is 0. The fourth-order valence-corrected chi connectivity index (χ4v) is 1.55. The highest BCUT2D eigenvalue weighted by Crippen LogP contribution is 2.23. The van der Waals surface area contributed by atoms with Gasteiger partial charge in [-0.2, -0.15) is 10.4 Å². The third-order valence-electron chi connectivity index (χ3n) is 2.50. The van der Waals surface area contributed by atoms with E-state index in [0.717, 1.165) is 22.4 Å². The summed E-state index contributed by atoms with van der Waals surface area (Å²) in [5.74, 6) is 0. The van der Waals surface area contributed by atoms with Crippen molar-refractivity contribution in [3.05, 3.63) is 41.2 Å². The zero-order chi connectivity index (χ0) is 10.8. The Balaban J connectivity index is 2.57. The van der Waals surface area contributed by atoms with E-state index >= 15 is 0 Å². The van der Waals surface area contributed by atoms with Crippen molar-refractivity contribution >= 4 is 0 Å². The highest BCUT2D eigenvalue weighted by Gasteiger charge is 2.05. The number of nitriles is 1. The van der Waals surface area contributed by atoms with Gasteiger partial charge in [-0.15, -0.1) is 0 Å².